The molecule has 3 rings (SSSR count). The van der Waals surface area contributed by atoms with Crippen molar-refractivity contribution in [2.24, 2.45) is 4.99 Å². The Morgan fingerprint density at radius 3 is 2.50 bits per heavy atom. The van der Waals surface area contributed by atoms with Gasteiger partial charge in [-0.05, 0) is 45.9 Å². The van der Waals surface area contributed by atoms with Crippen LogP contribution in [-0.4, -0.2) is 13.3 Å². The highest BCUT2D eigenvalue weighted by molar-refractivity contribution is 5.87. The lowest BCUT2D eigenvalue weighted by Gasteiger charge is -2.23. The second-order valence-electron chi connectivity index (χ2n) is 7.19. The third-order valence-corrected chi connectivity index (χ3v) is 4.94. The number of allylic oxidation sites excluding steroid dienone is 1. The van der Waals surface area contributed by atoms with Gasteiger partial charge >= 0.3 is 0 Å². The molecule has 0 radical (unpaired) electrons. The Morgan fingerprint density at radius 1 is 1.04 bits per heavy atom. The fraction of sp³-hybridized carbons (Fsp3) is 0.318. The van der Waals surface area contributed by atoms with Gasteiger partial charge in [-0.2, -0.15) is 0 Å². The van der Waals surface area contributed by atoms with Gasteiger partial charge in [-0.1, -0.05) is 58.0 Å². The van der Waals surface area contributed by atoms with Crippen LogP contribution >= 0.6 is 0 Å². The van der Waals surface area contributed by atoms with Crippen molar-refractivity contribution < 1.29 is 0 Å². The SMILES string of the molecule is CN=C/C=C\Nc1ccc2c(c1C(C)C)-c1ccccc1C2(C)C. The summed E-state index contributed by atoms with van der Waals surface area (Å²) >= 11 is 0. The summed E-state index contributed by atoms with van der Waals surface area (Å²) in [6, 6.07) is 13.3. The van der Waals surface area contributed by atoms with E-state index in [1.165, 1.54) is 33.5 Å². The minimum absolute atomic E-state index is 0.0544. The topological polar surface area (TPSA) is 24.4 Å². The Hall–Kier alpha value is -2.35. The predicted molar refractivity (Wildman–Crippen MR) is 105 cm³/mol. The van der Waals surface area contributed by atoms with E-state index in [0.717, 1.165) is 0 Å². The van der Waals surface area contributed by atoms with Gasteiger partial charge in [-0.15, -0.1) is 0 Å². The Balaban J connectivity index is 2.20. The van der Waals surface area contributed by atoms with E-state index in [1.54, 1.807) is 13.3 Å². The van der Waals surface area contributed by atoms with E-state index in [9.17, 15) is 0 Å². The molecule has 0 unspecified atom stereocenters. The molecule has 2 nitrogen and oxygen atoms in total. The first-order chi connectivity index (χ1) is 11.5. The smallest absolute Gasteiger partial charge is 0.0421 e. The molecule has 0 spiro atoms. The van der Waals surface area contributed by atoms with Crippen molar-refractivity contribution in [3.05, 3.63) is 65.4 Å². The van der Waals surface area contributed by atoms with E-state index in [1.807, 2.05) is 12.3 Å². The van der Waals surface area contributed by atoms with Crippen molar-refractivity contribution in [2.45, 2.75) is 39.0 Å². The molecule has 2 aromatic carbocycles. The van der Waals surface area contributed by atoms with E-state index in [-0.39, 0.29) is 5.41 Å². The zero-order chi connectivity index (χ0) is 17.3. The highest BCUT2D eigenvalue weighted by Gasteiger charge is 2.37. The normalized spacial score (nSPS) is 15.2. The fourth-order valence-electron chi connectivity index (χ4n) is 3.81. The molecule has 0 fully saturated rings. The van der Waals surface area contributed by atoms with Crippen LogP contribution in [-0.2, 0) is 5.41 Å². The lowest BCUT2D eigenvalue weighted by molar-refractivity contribution is 0.659. The molecule has 0 bridgehead atoms. The van der Waals surface area contributed by atoms with Crippen LogP contribution < -0.4 is 5.32 Å². The maximum atomic E-state index is 3.98. The van der Waals surface area contributed by atoms with Gasteiger partial charge in [0.25, 0.3) is 0 Å². The average molecular weight is 318 g/mol. The summed E-state index contributed by atoms with van der Waals surface area (Å²) < 4.78 is 0. The molecule has 1 aliphatic carbocycles. The summed E-state index contributed by atoms with van der Waals surface area (Å²) in [6.07, 6.45) is 5.66. The summed E-state index contributed by atoms with van der Waals surface area (Å²) in [7, 11) is 1.78. The summed E-state index contributed by atoms with van der Waals surface area (Å²) in [5, 5.41) is 3.45. The molecule has 0 aliphatic heterocycles. The van der Waals surface area contributed by atoms with Gasteiger partial charge in [0.2, 0.25) is 0 Å². The first-order valence-corrected chi connectivity index (χ1v) is 8.59. The van der Waals surface area contributed by atoms with Crippen molar-refractivity contribution in [3.63, 3.8) is 0 Å². The van der Waals surface area contributed by atoms with Crippen molar-refractivity contribution >= 4 is 11.9 Å². The number of hydrogen-bond acceptors (Lipinski definition) is 2. The molecule has 1 aliphatic rings. The predicted octanol–water partition coefficient (Wildman–Crippen LogP) is 5.74. The molecule has 0 heterocycles. The Labute approximate surface area is 145 Å². The fourth-order valence-corrected chi connectivity index (χ4v) is 3.81. The monoisotopic (exact) mass is 318 g/mol. The van der Waals surface area contributed by atoms with Gasteiger partial charge in [-0.25, -0.2) is 0 Å². The van der Waals surface area contributed by atoms with Gasteiger partial charge in [-0.3, -0.25) is 4.99 Å². The summed E-state index contributed by atoms with van der Waals surface area (Å²) in [6.45, 7) is 9.19. The van der Waals surface area contributed by atoms with E-state index < -0.39 is 0 Å². The van der Waals surface area contributed by atoms with Gasteiger partial charge in [0.05, 0.1) is 0 Å². The lowest BCUT2D eigenvalue weighted by Crippen LogP contribution is -2.15. The Morgan fingerprint density at radius 2 is 1.79 bits per heavy atom. The van der Waals surface area contributed by atoms with Crippen molar-refractivity contribution in [2.75, 3.05) is 12.4 Å². The molecular formula is C22H26N2. The number of rotatable bonds is 4. The molecule has 0 amide bonds. The number of nitrogens with zero attached hydrogens (tertiary/aromatic N) is 1. The van der Waals surface area contributed by atoms with E-state index in [4.69, 9.17) is 0 Å². The first-order valence-electron chi connectivity index (χ1n) is 8.59. The number of aliphatic imine (C=N–C) groups is 1. The van der Waals surface area contributed by atoms with Crippen LogP contribution in [0, 0.1) is 0 Å². The molecule has 24 heavy (non-hydrogen) atoms. The molecule has 124 valence electrons. The van der Waals surface area contributed by atoms with E-state index in [0.29, 0.717) is 5.92 Å². The van der Waals surface area contributed by atoms with Crippen molar-refractivity contribution in [3.8, 4) is 11.1 Å². The molecular weight excluding hydrogens is 292 g/mol. The molecule has 1 N–H and O–H groups in total. The lowest BCUT2D eigenvalue weighted by atomic mass is 9.81. The minimum atomic E-state index is 0.0544. The van der Waals surface area contributed by atoms with Crippen LogP contribution in [0.3, 0.4) is 0 Å². The van der Waals surface area contributed by atoms with Gasteiger partial charge in [0.1, 0.15) is 0 Å². The van der Waals surface area contributed by atoms with Crippen LogP contribution in [0.4, 0.5) is 5.69 Å². The van der Waals surface area contributed by atoms with Crippen LogP contribution in [0.2, 0.25) is 0 Å². The van der Waals surface area contributed by atoms with Gasteiger partial charge in [0.15, 0.2) is 0 Å². The second kappa shape index (κ2) is 6.27. The van der Waals surface area contributed by atoms with Crippen LogP contribution in [0.25, 0.3) is 11.1 Å². The Kier molecular flexibility index (Phi) is 4.31. The molecule has 0 atom stereocenters. The van der Waals surface area contributed by atoms with Gasteiger partial charge in [0, 0.05) is 30.6 Å². The highest BCUT2D eigenvalue weighted by atomic mass is 14.8. The number of anilines is 1. The average Bonchev–Trinajstić information content (AvgIpc) is 2.79. The number of benzene rings is 2. The van der Waals surface area contributed by atoms with Crippen molar-refractivity contribution in [1.29, 1.82) is 0 Å². The van der Waals surface area contributed by atoms with Crippen molar-refractivity contribution in [1.82, 2.24) is 0 Å². The highest BCUT2D eigenvalue weighted by Crippen LogP contribution is 2.52. The van der Waals surface area contributed by atoms with Gasteiger partial charge < -0.3 is 5.32 Å². The maximum Gasteiger partial charge on any atom is 0.0421 e. The molecule has 0 saturated carbocycles. The third kappa shape index (κ3) is 2.56. The standard InChI is InChI=1S/C22H26N2/c1-15(2)20-19(24-14-8-13-23-5)12-11-18-21(20)16-9-6-7-10-17(16)22(18,3)4/h6-15,24H,1-5H3/b14-8-,23-13?. The summed E-state index contributed by atoms with van der Waals surface area (Å²) in [5.74, 6) is 0.442. The van der Waals surface area contributed by atoms with Crippen LogP contribution in [0.1, 0.15) is 50.3 Å². The molecule has 2 heteroatoms. The number of fused-ring (bicyclic) bond motifs is 3. The number of nitrogens with one attached hydrogen (secondary N) is 1. The van der Waals surface area contributed by atoms with E-state index >= 15 is 0 Å². The van der Waals surface area contributed by atoms with E-state index in [2.05, 4.69) is 74.4 Å². The summed E-state index contributed by atoms with van der Waals surface area (Å²) in [5.41, 5.74) is 8.27. The second-order valence-corrected chi connectivity index (χ2v) is 7.19. The summed E-state index contributed by atoms with van der Waals surface area (Å²) in [4.78, 5) is 3.98. The maximum absolute atomic E-state index is 3.98. The largest absolute Gasteiger partial charge is 0.361 e. The molecule has 0 saturated heterocycles. The third-order valence-electron chi connectivity index (χ3n) is 4.94. The first kappa shape index (κ1) is 16.5. The molecule has 0 aromatic heterocycles. The Bertz CT molecular complexity index is 811. The quantitative estimate of drug-likeness (QED) is 0.714. The molecule has 2 aromatic rings. The zero-order valence-corrected chi connectivity index (χ0v) is 15.2. The zero-order valence-electron chi connectivity index (χ0n) is 15.2. The van der Waals surface area contributed by atoms with Crippen LogP contribution in [0.5, 0.6) is 0 Å². The number of hydrogen-bond donors (Lipinski definition) is 1. The minimum Gasteiger partial charge on any atom is -0.361 e. The van der Waals surface area contributed by atoms with Crippen LogP contribution in [0.15, 0.2) is 53.7 Å².